The third kappa shape index (κ3) is 1.10. The van der Waals surface area contributed by atoms with Gasteiger partial charge in [-0.3, -0.25) is 0 Å². The van der Waals surface area contributed by atoms with Gasteiger partial charge in [0.15, 0.2) is 6.26 Å². The zero-order chi connectivity index (χ0) is 5.82. The summed E-state index contributed by atoms with van der Waals surface area (Å²) in [6.07, 6.45) is 4.79. The third-order valence-corrected chi connectivity index (χ3v) is 0.908. The van der Waals surface area contributed by atoms with Gasteiger partial charge in [-0.1, -0.05) is 0 Å². The molecule has 0 aliphatic heterocycles. The van der Waals surface area contributed by atoms with E-state index in [4.69, 9.17) is 5.11 Å². The fourth-order valence-electron chi connectivity index (χ4n) is 0.515. The molecule has 2 heteroatoms. The van der Waals surface area contributed by atoms with Crippen LogP contribution in [0.2, 0.25) is 0 Å². The Labute approximate surface area is 47.7 Å². The van der Waals surface area contributed by atoms with Crippen LogP contribution in [0.5, 0.6) is 0 Å². The predicted molar refractivity (Wildman–Crippen MR) is 28.3 cm³/mol. The van der Waals surface area contributed by atoms with Crippen LogP contribution >= 0.6 is 0 Å². The van der Waals surface area contributed by atoms with E-state index in [0.29, 0.717) is 6.42 Å². The maximum atomic E-state index is 8.38. The molecular formula is C6H7O2. The summed E-state index contributed by atoms with van der Waals surface area (Å²) < 4.78 is 4.63. The second-order valence-corrected chi connectivity index (χ2v) is 1.52. The van der Waals surface area contributed by atoms with Crippen molar-refractivity contribution in [3.63, 3.8) is 0 Å². The maximum Gasteiger partial charge on any atom is 0.172 e. The van der Waals surface area contributed by atoms with E-state index in [0.717, 1.165) is 5.56 Å². The van der Waals surface area contributed by atoms with Crippen LogP contribution in [0.15, 0.2) is 16.7 Å². The molecule has 1 rings (SSSR count). The number of hydrogen-bond donors (Lipinski definition) is 1. The Morgan fingerprint density at radius 1 is 1.75 bits per heavy atom. The van der Waals surface area contributed by atoms with Gasteiger partial charge in [0, 0.05) is 12.2 Å². The molecule has 0 aromatic carbocycles. The summed E-state index contributed by atoms with van der Waals surface area (Å²) in [5.74, 6) is 0. The van der Waals surface area contributed by atoms with Crippen molar-refractivity contribution in [1.82, 2.24) is 0 Å². The maximum absolute atomic E-state index is 8.38. The number of rotatable bonds is 2. The normalized spacial score (nSPS) is 9.62. The van der Waals surface area contributed by atoms with Crippen molar-refractivity contribution in [3.05, 3.63) is 24.2 Å². The van der Waals surface area contributed by atoms with Crippen molar-refractivity contribution in [2.45, 2.75) is 6.42 Å². The van der Waals surface area contributed by atoms with Crippen LogP contribution in [0.1, 0.15) is 5.56 Å². The highest BCUT2D eigenvalue weighted by Crippen LogP contribution is 1.97. The van der Waals surface area contributed by atoms with Gasteiger partial charge in [-0.25, -0.2) is 0 Å². The highest BCUT2D eigenvalue weighted by Gasteiger charge is 1.90. The van der Waals surface area contributed by atoms with Gasteiger partial charge in [0.25, 0.3) is 0 Å². The standard InChI is InChI=1S/C6H7O2/c7-3-1-6-2-4-8-5-6/h2,4,7H,1,3H2. The summed E-state index contributed by atoms with van der Waals surface area (Å²) in [7, 11) is 0. The van der Waals surface area contributed by atoms with Gasteiger partial charge in [0.05, 0.1) is 6.26 Å². The molecule has 0 bridgehead atoms. The van der Waals surface area contributed by atoms with Gasteiger partial charge in [0.1, 0.15) is 0 Å². The van der Waals surface area contributed by atoms with Crippen molar-refractivity contribution in [2.24, 2.45) is 0 Å². The van der Waals surface area contributed by atoms with E-state index in [2.05, 4.69) is 10.7 Å². The Bertz CT molecular complexity index is 132. The molecule has 0 fully saturated rings. The summed E-state index contributed by atoms with van der Waals surface area (Å²) in [5.41, 5.74) is 0.924. The third-order valence-electron chi connectivity index (χ3n) is 0.908. The SMILES string of the molecule is OCCc1[c]occ1. The smallest absolute Gasteiger partial charge is 0.172 e. The van der Waals surface area contributed by atoms with Crippen LogP contribution in [0.4, 0.5) is 0 Å². The molecule has 0 unspecified atom stereocenters. The van der Waals surface area contributed by atoms with Gasteiger partial charge in [-0.05, 0) is 12.5 Å². The molecule has 0 atom stereocenters. The first kappa shape index (κ1) is 5.38. The van der Waals surface area contributed by atoms with Crippen LogP contribution in [-0.4, -0.2) is 11.7 Å². The zero-order valence-electron chi connectivity index (χ0n) is 4.42. The molecule has 0 aliphatic carbocycles. The Kier molecular flexibility index (Phi) is 1.70. The van der Waals surface area contributed by atoms with Crippen molar-refractivity contribution < 1.29 is 9.52 Å². The first-order valence-electron chi connectivity index (χ1n) is 2.48. The van der Waals surface area contributed by atoms with Gasteiger partial charge < -0.3 is 9.52 Å². The lowest BCUT2D eigenvalue weighted by Gasteiger charge is -1.83. The average Bonchev–Trinajstić information content (AvgIpc) is 2.19. The first-order valence-corrected chi connectivity index (χ1v) is 2.48. The molecule has 1 aromatic rings. The first-order chi connectivity index (χ1) is 3.93. The second-order valence-electron chi connectivity index (χ2n) is 1.52. The van der Waals surface area contributed by atoms with Crippen LogP contribution in [-0.2, 0) is 6.42 Å². The number of furan rings is 1. The largest absolute Gasteiger partial charge is 0.461 e. The number of hydrogen-bond acceptors (Lipinski definition) is 2. The van der Waals surface area contributed by atoms with Gasteiger partial charge in [0.2, 0.25) is 0 Å². The van der Waals surface area contributed by atoms with E-state index in [9.17, 15) is 0 Å². The molecule has 8 heavy (non-hydrogen) atoms. The highest BCUT2D eigenvalue weighted by molar-refractivity contribution is 5.03. The highest BCUT2D eigenvalue weighted by atomic mass is 16.3. The van der Waals surface area contributed by atoms with Crippen LogP contribution in [0.3, 0.4) is 0 Å². The minimum absolute atomic E-state index is 0.163. The molecule has 0 amide bonds. The van der Waals surface area contributed by atoms with Crippen molar-refractivity contribution in [1.29, 1.82) is 0 Å². The Hall–Kier alpha value is -0.760. The average molecular weight is 111 g/mol. The number of aliphatic hydroxyl groups excluding tert-OH is 1. The Balaban J connectivity index is 2.50. The summed E-state index contributed by atoms with van der Waals surface area (Å²) >= 11 is 0. The fraction of sp³-hybridized carbons (Fsp3) is 0.333. The van der Waals surface area contributed by atoms with Crippen LogP contribution in [0, 0.1) is 6.26 Å². The number of aliphatic hydroxyl groups is 1. The van der Waals surface area contributed by atoms with E-state index in [1.54, 1.807) is 12.3 Å². The fourth-order valence-corrected chi connectivity index (χ4v) is 0.515. The van der Waals surface area contributed by atoms with Gasteiger partial charge >= 0.3 is 0 Å². The lowest BCUT2D eigenvalue weighted by molar-refractivity contribution is 0.299. The molecule has 43 valence electrons. The van der Waals surface area contributed by atoms with Crippen molar-refractivity contribution in [2.75, 3.05) is 6.61 Å². The Morgan fingerprint density at radius 2 is 2.62 bits per heavy atom. The summed E-state index contributed by atoms with van der Waals surface area (Å²) in [5, 5.41) is 8.38. The topological polar surface area (TPSA) is 33.4 Å². The van der Waals surface area contributed by atoms with E-state index in [-0.39, 0.29) is 6.61 Å². The van der Waals surface area contributed by atoms with E-state index in [1.165, 1.54) is 0 Å². The molecule has 0 saturated carbocycles. The minimum Gasteiger partial charge on any atom is -0.461 e. The molecule has 1 aromatic heterocycles. The quantitative estimate of drug-likeness (QED) is 0.606. The van der Waals surface area contributed by atoms with Crippen molar-refractivity contribution in [3.8, 4) is 0 Å². The van der Waals surface area contributed by atoms with E-state index in [1.807, 2.05) is 0 Å². The van der Waals surface area contributed by atoms with E-state index < -0.39 is 0 Å². The van der Waals surface area contributed by atoms with E-state index >= 15 is 0 Å². The summed E-state index contributed by atoms with van der Waals surface area (Å²) in [4.78, 5) is 0. The molecule has 1 N–H and O–H groups in total. The molecule has 0 saturated heterocycles. The zero-order valence-corrected chi connectivity index (χ0v) is 4.42. The van der Waals surface area contributed by atoms with Crippen LogP contribution in [0.25, 0.3) is 0 Å². The van der Waals surface area contributed by atoms with Gasteiger partial charge in [-0.15, -0.1) is 0 Å². The molecule has 1 radical (unpaired) electrons. The van der Waals surface area contributed by atoms with Crippen LogP contribution < -0.4 is 0 Å². The van der Waals surface area contributed by atoms with Crippen molar-refractivity contribution >= 4 is 0 Å². The molecule has 0 spiro atoms. The molecule has 0 aliphatic rings. The lowest BCUT2D eigenvalue weighted by Crippen LogP contribution is -1.85. The predicted octanol–water partition coefficient (Wildman–Crippen LogP) is 0.615. The van der Waals surface area contributed by atoms with Gasteiger partial charge in [-0.2, -0.15) is 0 Å². The minimum atomic E-state index is 0.163. The monoisotopic (exact) mass is 111 g/mol. The summed E-state index contributed by atoms with van der Waals surface area (Å²) in [6, 6.07) is 1.79. The second kappa shape index (κ2) is 2.52. The Morgan fingerprint density at radius 3 is 3.12 bits per heavy atom. The lowest BCUT2D eigenvalue weighted by atomic mass is 10.3. The molecule has 1 heterocycles. The molecule has 2 nitrogen and oxygen atoms in total. The summed E-state index contributed by atoms with van der Waals surface area (Å²) in [6.45, 7) is 0.163. The molecular weight excluding hydrogens is 104 g/mol.